The number of hydrogen-bond donors (Lipinski definition) is 1. The molecule has 5 heteroatoms. The number of nitrogens with zero attached hydrogens (tertiary/aromatic N) is 1. The summed E-state index contributed by atoms with van der Waals surface area (Å²) in [4.78, 5) is 30.0. The largest absolute Gasteiger partial charge is 0.302 e. The van der Waals surface area contributed by atoms with Gasteiger partial charge in [0.1, 0.15) is 0 Å². The summed E-state index contributed by atoms with van der Waals surface area (Å²) in [5.41, 5.74) is 2.58. The van der Waals surface area contributed by atoms with Crippen molar-refractivity contribution in [2.75, 3.05) is 5.32 Å². The number of hydrogen-bond acceptors (Lipinski definition) is 4. The lowest BCUT2D eigenvalue weighted by molar-refractivity contribution is -0.120. The van der Waals surface area contributed by atoms with Crippen molar-refractivity contribution in [3.05, 3.63) is 71.6 Å². The van der Waals surface area contributed by atoms with Gasteiger partial charge in [0.25, 0.3) is 0 Å². The molecule has 1 heterocycles. The molecule has 0 fully saturated rings. The molecule has 2 aromatic carbocycles. The van der Waals surface area contributed by atoms with Crippen LogP contribution in [-0.2, 0) is 4.79 Å². The van der Waals surface area contributed by atoms with Gasteiger partial charge in [-0.05, 0) is 18.8 Å². The molecule has 0 aliphatic heterocycles. The molecule has 3 rings (SSSR count). The summed E-state index contributed by atoms with van der Waals surface area (Å²) in [6, 6.07) is 19.2. The Labute approximate surface area is 182 Å². The Morgan fingerprint density at radius 3 is 2.27 bits per heavy atom. The monoisotopic (exact) mass is 420 g/mol. The number of nitrogens with one attached hydrogen (secondary N) is 1. The van der Waals surface area contributed by atoms with Crippen molar-refractivity contribution in [1.82, 2.24) is 4.98 Å². The number of Topliss-reactive ketones (excluding diaryl/α,β-unsaturated/α-hetero) is 1. The van der Waals surface area contributed by atoms with Crippen LogP contribution in [0.4, 0.5) is 5.13 Å². The van der Waals surface area contributed by atoms with Crippen LogP contribution in [0.2, 0.25) is 0 Å². The fourth-order valence-electron chi connectivity index (χ4n) is 3.29. The number of rotatable bonds is 10. The number of benzene rings is 2. The highest BCUT2D eigenvalue weighted by Crippen LogP contribution is 2.26. The molecule has 0 radical (unpaired) electrons. The van der Waals surface area contributed by atoms with E-state index in [1.165, 1.54) is 11.3 Å². The van der Waals surface area contributed by atoms with Crippen LogP contribution >= 0.6 is 11.3 Å². The predicted octanol–water partition coefficient (Wildman–Crippen LogP) is 6.46. The number of thiazole rings is 1. The zero-order valence-electron chi connectivity index (χ0n) is 17.5. The van der Waals surface area contributed by atoms with Gasteiger partial charge in [0, 0.05) is 28.8 Å². The molecule has 0 saturated carbocycles. The van der Waals surface area contributed by atoms with E-state index in [1.54, 1.807) is 0 Å². The Hall–Kier alpha value is -2.79. The average Bonchev–Trinajstić information content (AvgIpc) is 3.23. The Balaban J connectivity index is 1.63. The van der Waals surface area contributed by atoms with Crippen LogP contribution in [0, 0.1) is 11.8 Å². The van der Waals surface area contributed by atoms with E-state index in [-0.39, 0.29) is 17.6 Å². The lowest BCUT2D eigenvalue weighted by Gasteiger charge is -2.17. The van der Waals surface area contributed by atoms with Crippen molar-refractivity contribution >= 4 is 28.2 Å². The van der Waals surface area contributed by atoms with E-state index in [2.05, 4.69) is 24.1 Å². The first kappa shape index (κ1) is 21.9. The zero-order chi connectivity index (χ0) is 21.3. The standard InChI is InChI=1S/C25H28N2O2S/c1-18(2)13-14-21(15-16-23(28)20-11-7-4-8-12-20)24(29)27-25-26-22(17-30-25)19-9-5-3-6-10-19/h3-12,17-18,21H,13-16H2,1-2H3,(H,26,27,29). The number of carbonyl (C=O) groups excluding carboxylic acids is 2. The summed E-state index contributed by atoms with van der Waals surface area (Å²) >= 11 is 1.43. The van der Waals surface area contributed by atoms with Crippen LogP contribution in [0.3, 0.4) is 0 Å². The van der Waals surface area contributed by atoms with Crippen molar-refractivity contribution < 1.29 is 9.59 Å². The number of amides is 1. The van der Waals surface area contributed by atoms with Crippen LogP contribution in [0.5, 0.6) is 0 Å². The van der Waals surface area contributed by atoms with Crippen molar-refractivity contribution in [3.8, 4) is 11.3 Å². The Morgan fingerprint density at radius 2 is 1.60 bits per heavy atom. The normalized spacial score (nSPS) is 12.0. The summed E-state index contributed by atoms with van der Waals surface area (Å²) in [5, 5.41) is 5.53. The van der Waals surface area contributed by atoms with Crippen molar-refractivity contribution in [2.45, 2.75) is 39.5 Å². The van der Waals surface area contributed by atoms with Gasteiger partial charge < -0.3 is 5.32 Å². The smallest absolute Gasteiger partial charge is 0.229 e. The first-order chi connectivity index (χ1) is 14.5. The van der Waals surface area contributed by atoms with Crippen LogP contribution in [0.1, 0.15) is 49.9 Å². The summed E-state index contributed by atoms with van der Waals surface area (Å²) in [6.07, 6.45) is 2.63. The number of carbonyl (C=O) groups is 2. The van der Waals surface area contributed by atoms with Crippen LogP contribution in [-0.4, -0.2) is 16.7 Å². The molecular weight excluding hydrogens is 392 g/mol. The molecule has 0 saturated heterocycles. The topological polar surface area (TPSA) is 59.1 Å². The molecular formula is C25H28N2O2S. The van der Waals surface area contributed by atoms with Gasteiger partial charge in [-0.2, -0.15) is 0 Å². The van der Waals surface area contributed by atoms with E-state index >= 15 is 0 Å². The summed E-state index contributed by atoms with van der Waals surface area (Å²) < 4.78 is 0. The third kappa shape index (κ3) is 6.36. The van der Waals surface area contributed by atoms with Gasteiger partial charge in [0.2, 0.25) is 5.91 Å². The van der Waals surface area contributed by atoms with E-state index in [9.17, 15) is 9.59 Å². The second-order valence-electron chi connectivity index (χ2n) is 7.89. The molecule has 0 aliphatic carbocycles. The maximum Gasteiger partial charge on any atom is 0.229 e. The van der Waals surface area contributed by atoms with Crippen molar-refractivity contribution in [3.63, 3.8) is 0 Å². The first-order valence-corrected chi connectivity index (χ1v) is 11.3. The molecule has 1 amide bonds. The fraction of sp³-hybridized carbons (Fsp3) is 0.320. The maximum atomic E-state index is 13.0. The third-order valence-corrected chi connectivity index (χ3v) is 5.84. The number of anilines is 1. The van der Waals surface area contributed by atoms with Crippen LogP contribution in [0.15, 0.2) is 66.0 Å². The van der Waals surface area contributed by atoms with E-state index in [0.717, 1.165) is 24.1 Å². The van der Waals surface area contributed by atoms with Crippen LogP contribution < -0.4 is 5.32 Å². The summed E-state index contributed by atoms with van der Waals surface area (Å²) in [6.45, 7) is 4.30. The predicted molar refractivity (Wildman–Crippen MR) is 124 cm³/mol. The second kappa shape index (κ2) is 10.8. The minimum atomic E-state index is -0.205. The van der Waals surface area contributed by atoms with Gasteiger partial charge >= 0.3 is 0 Å². The lowest BCUT2D eigenvalue weighted by atomic mass is 9.91. The van der Waals surface area contributed by atoms with Gasteiger partial charge in [-0.3, -0.25) is 9.59 Å². The van der Waals surface area contributed by atoms with Gasteiger partial charge in [0.15, 0.2) is 10.9 Å². The quantitative estimate of drug-likeness (QED) is 0.383. The highest BCUT2D eigenvalue weighted by molar-refractivity contribution is 7.14. The van der Waals surface area contributed by atoms with E-state index in [1.807, 2.05) is 66.0 Å². The molecule has 1 aromatic heterocycles. The SMILES string of the molecule is CC(C)CCC(CCC(=O)c1ccccc1)C(=O)Nc1nc(-c2ccccc2)cs1. The zero-order valence-corrected chi connectivity index (χ0v) is 18.3. The fourth-order valence-corrected chi connectivity index (χ4v) is 4.02. The molecule has 156 valence electrons. The highest BCUT2D eigenvalue weighted by Gasteiger charge is 2.21. The van der Waals surface area contributed by atoms with E-state index < -0.39 is 0 Å². The van der Waals surface area contributed by atoms with Crippen LogP contribution in [0.25, 0.3) is 11.3 Å². The molecule has 4 nitrogen and oxygen atoms in total. The number of aromatic nitrogens is 1. The average molecular weight is 421 g/mol. The van der Waals surface area contributed by atoms with Gasteiger partial charge in [-0.25, -0.2) is 4.98 Å². The molecule has 0 bridgehead atoms. The highest BCUT2D eigenvalue weighted by atomic mass is 32.1. The molecule has 1 atom stereocenters. The molecule has 3 aromatic rings. The van der Waals surface area contributed by atoms with E-state index in [0.29, 0.717) is 29.5 Å². The minimum absolute atomic E-state index is 0.0505. The summed E-state index contributed by atoms with van der Waals surface area (Å²) in [5.74, 6) is 0.336. The first-order valence-electron chi connectivity index (χ1n) is 10.4. The molecule has 1 unspecified atom stereocenters. The van der Waals surface area contributed by atoms with Gasteiger partial charge in [-0.15, -0.1) is 11.3 Å². The maximum absolute atomic E-state index is 13.0. The molecule has 0 spiro atoms. The molecule has 1 N–H and O–H groups in total. The molecule has 30 heavy (non-hydrogen) atoms. The lowest BCUT2D eigenvalue weighted by Crippen LogP contribution is -2.24. The van der Waals surface area contributed by atoms with Gasteiger partial charge in [-0.1, -0.05) is 80.9 Å². The van der Waals surface area contributed by atoms with Crippen molar-refractivity contribution in [2.24, 2.45) is 11.8 Å². The Kier molecular flexibility index (Phi) is 7.91. The number of ketones is 1. The Bertz CT molecular complexity index is 952. The third-order valence-electron chi connectivity index (χ3n) is 5.08. The summed E-state index contributed by atoms with van der Waals surface area (Å²) in [7, 11) is 0. The Morgan fingerprint density at radius 1 is 0.933 bits per heavy atom. The molecule has 0 aliphatic rings. The second-order valence-corrected chi connectivity index (χ2v) is 8.75. The van der Waals surface area contributed by atoms with Gasteiger partial charge in [0.05, 0.1) is 5.69 Å². The van der Waals surface area contributed by atoms with Crippen molar-refractivity contribution in [1.29, 1.82) is 0 Å². The van der Waals surface area contributed by atoms with E-state index in [4.69, 9.17) is 0 Å². The minimum Gasteiger partial charge on any atom is -0.302 e.